The molecule has 6 heteroatoms. The molecule has 19 heavy (non-hydrogen) atoms. The zero-order valence-electron chi connectivity index (χ0n) is 11.1. The van der Waals surface area contributed by atoms with Gasteiger partial charge in [0.15, 0.2) is 0 Å². The number of nitrogens with two attached hydrogens (primary N) is 1. The molecule has 1 aromatic heterocycles. The van der Waals surface area contributed by atoms with Gasteiger partial charge in [-0.1, -0.05) is 13.8 Å². The summed E-state index contributed by atoms with van der Waals surface area (Å²) < 4.78 is 0. The zero-order valence-corrected chi connectivity index (χ0v) is 11.1. The zero-order chi connectivity index (χ0) is 14.4. The fourth-order valence-corrected chi connectivity index (χ4v) is 1.64. The SMILES string of the molecule is CC(C)C(CNC(=O)c1ccnc(CN)c1)C(=O)O. The molecule has 1 rings (SSSR count). The lowest BCUT2D eigenvalue weighted by Gasteiger charge is -2.16. The Bertz CT molecular complexity index is 460. The molecule has 0 aliphatic carbocycles. The first kappa shape index (κ1) is 15.1. The second-order valence-electron chi connectivity index (χ2n) is 4.64. The molecule has 0 aliphatic rings. The van der Waals surface area contributed by atoms with Crippen LogP contribution in [-0.2, 0) is 11.3 Å². The number of amides is 1. The van der Waals surface area contributed by atoms with Crippen molar-refractivity contribution in [2.24, 2.45) is 17.6 Å². The third-order valence-corrected chi connectivity index (χ3v) is 2.89. The van der Waals surface area contributed by atoms with E-state index < -0.39 is 11.9 Å². The van der Waals surface area contributed by atoms with E-state index in [-0.39, 0.29) is 24.9 Å². The highest BCUT2D eigenvalue weighted by molar-refractivity contribution is 5.94. The van der Waals surface area contributed by atoms with Crippen molar-refractivity contribution in [3.05, 3.63) is 29.6 Å². The Balaban J connectivity index is 2.66. The number of carboxylic acid groups (broad SMARTS) is 1. The minimum absolute atomic E-state index is 0.0464. The summed E-state index contributed by atoms with van der Waals surface area (Å²) in [6, 6.07) is 3.17. The van der Waals surface area contributed by atoms with Gasteiger partial charge in [-0.2, -0.15) is 0 Å². The number of rotatable bonds is 6. The second-order valence-corrected chi connectivity index (χ2v) is 4.64. The van der Waals surface area contributed by atoms with Gasteiger partial charge in [0.2, 0.25) is 0 Å². The van der Waals surface area contributed by atoms with Crippen molar-refractivity contribution in [1.29, 1.82) is 0 Å². The fraction of sp³-hybridized carbons (Fsp3) is 0.462. The van der Waals surface area contributed by atoms with E-state index in [2.05, 4.69) is 10.3 Å². The molecule has 1 heterocycles. The Hall–Kier alpha value is -1.95. The monoisotopic (exact) mass is 265 g/mol. The molecule has 1 aromatic rings. The first-order valence-corrected chi connectivity index (χ1v) is 6.11. The summed E-state index contributed by atoms with van der Waals surface area (Å²) in [6.45, 7) is 3.98. The summed E-state index contributed by atoms with van der Waals surface area (Å²) in [4.78, 5) is 26.9. The topological polar surface area (TPSA) is 105 Å². The summed E-state index contributed by atoms with van der Waals surface area (Å²) in [7, 11) is 0. The van der Waals surface area contributed by atoms with Crippen molar-refractivity contribution >= 4 is 11.9 Å². The van der Waals surface area contributed by atoms with Gasteiger partial charge in [-0.15, -0.1) is 0 Å². The Morgan fingerprint density at radius 2 is 2.16 bits per heavy atom. The number of hydrogen-bond acceptors (Lipinski definition) is 4. The van der Waals surface area contributed by atoms with Crippen LogP contribution in [0.15, 0.2) is 18.3 Å². The van der Waals surface area contributed by atoms with Crippen LogP contribution >= 0.6 is 0 Å². The number of carbonyl (C=O) groups is 2. The average Bonchev–Trinajstić information content (AvgIpc) is 2.38. The van der Waals surface area contributed by atoms with Crippen LogP contribution in [-0.4, -0.2) is 28.5 Å². The number of aliphatic carboxylic acids is 1. The standard InChI is InChI=1S/C13H19N3O3/c1-8(2)11(13(18)19)7-16-12(17)9-3-4-15-10(5-9)6-14/h3-5,8,11H,6-7,14H2,1-2H3,(H,16,17)(H,18,19). The average molecular weight is 265 g/mol. The molecular weight excluding hydrogens is 246 g/mol. The third kappa shape index (κ3) is 4.33. The van der Waals surface area contributed by atoms with E-state index in [0.717, 1.165) is 0 Å². The van der Waals surface area contributed by atoms with Crippen molar-refractivity contribution in [2.45, 2.75) is 20.4 Å². The summed E-state index contributed by atoms with van der Waals surface area (Å²) in [5, 5.41) is 11.7. The molecule has 0 saturated carbocycles. The number of carboxylic acids is 1. The van der Waals surface area contributed by atoms with E-state index in [1.165, 1.54) is 6.20 Å². The molecule has 104 valence electrons. The Labute approximate surface area is 112 Å². The van der Waals surface area contributed by atoms with Crippen molar-refractivity contribution in [3.8, 4) is 0 Å². The maximum atomic E-state index is 11.9. The first-order valence-electron chi connectivity index (χ1n) is 6.11. The van der Waals surface area contributed by atoms with E-state index in [0.29, 0.717) is 11.3 Å². The fourth-order valence-electron chi connectivity index (χ4n) is 1.64. The first-order chi connectivity index (χ1) is 8.95. The molecule has 0 bridgehead atoms. The highest BCUT2D eigenvalue weighted by atomic mass is 16.4. The van der Waals surface area contributed by atoms with Crippen LogP contribution in [0.4, 0.5) is 0 Å². The number of hydrogen-bond donors (Lipinski definition) is 3. The lowest BCUT2D eigenvalue weighted by atomic mass is 9.96. The maximum absolute atomic E-state index is 11.9. The third-order valence-electron chi connectivity index (χ3n) is 2.89. The van der Waals surface area contributed by atoms with Gasteiger partial charge < -0.3 is 16.2 Å². The van der Waals surface area contributed by atoms with Gasteiger partial charge in [0, 0.05) is 24.8 Å². The van der Waals surface area contributed by atoms with Crippen molar-refractivity contribution < 1.29 is 14.7 Å². The van der Waals surface area contributed by atoms with E-state index in [9.17, 15) is 9.59 Å². The van der Waals surface area contributed by atoms with E-state index in [4.69, 9.17) is 10.8 Å². The minimum atomic E-state index is -0.910. The number of nitrogens with one attached hydrogen (secondary N) is 1. The molecule has 6 nitrogen and oxygen atoms in total. The Morgan fingerprint density at radius 3 is 2.68 bits per heavy atom. The normalized spacial score (nSPS) is 12.2. The molecule has 0 aliphatic heterocycles. The van der Waals surface area contributed by atoms with Gasteiger partial charge in [-0.25, -0.2) is 0 Å². The van der Waals surface area contributed by atoms with Crippen molar-refractivity contribution in [2.75, 3.05) is 6.54 Å². The minimum Gasteiger partial charge on any atom is -0.481 e. The van der Waals surface area contributed by atoms with Crippen LogP contribution in [0.2, 0.25) is 0 Å². The van der Waals surface area contributed by atoms with Crippen molar-refractivity contribution in [3.63, 3.8) is 0 Å². The molecule has 0 radical (unpaired) electrons. The quantitative estimate of drug-likeness (QED) is 0.699. The van der Waals surface area contributed by atoms with Gasteiger partial charge in [0.25, 0.3) is 5.91 Å². The van der Waals surface area contributed by atoms with Crippen molar-refractivity contribution in [1.82, 2.24) is 10.3 Å². The molecule has 0 aromatic carbocycles. The van der Waals surface area contributed by atoms with Gasteiger partial charge in [-0.3, -0.25) is 14.6 Å². The van der Waals surface area contributed by atoms with Crippen LogP contribution in [0.1, 0.15) is 29.9 Å². The van der Waals surface area contributed by atoms with E-state index in [1.54, 1.807) is 12.1 Å². The number of nitrogens with zero attached hydrogens (tertiary/aromatic N) is 1. The van der Waals surface area contributed by atoms with Crippen LogP contribution in [0, 0.1) is 11.8 Å². The molecule has 0 fully saturated rings. The molecule has 0 saturated heterocycles. The molecule has 4 N–H and O–H groups in total. The second kappa shape index (κ2) is 6.84. The molecule has 1 unspecified atom stereocenters. The smallest absolute Gasteiger partial charge is 0.308 e. The highest BCUT2D eigenvalue weighted by Crippen LogP contribution is 2.10. The lowest BCUT2D eigenvalue weighted by Crippen LogP contribution is -2.35. The van der Waals surface area contributed by atoms with Crippen LogP contribution in [0.25, 0.3) is 0 Å². The predicted molar refractivity (Wildman–Crippen MR) is 70.4 cm³/mol. The van der Waals surface area contributed by atoms with Crippen LogP contribution in [0.3, 0.4) is 0 Å². The van der Waals surface area contributed by atoms with Gasteiger partial charge in [-0.05, 0) is 18.1 Å². The predicted octanol–water partition coefficient (Wildman–Crippen LogP) is 0.627. The summed E-state index contributed by atoms with van der Waals surface area (Å²) in [5.41, 5.74) is 6.50. The summed E-state index contributed by atoms with van der Waals surface area (Å²) in [5.74, 6) is -1.87. The lowest BCUT2D eigenvalue weighted by molar-refractivity contribution is -0.142. The van der Waals surface area contributed by atoms with Crippen LogP contribution in [0.5, 0.6) is 0 Å². The molecule has 1 amide bonds. The van der Waals surface area contributed by atoms with Gasteiger partial charge >= 0.3 is 5.97 Å². The Kier molecular flexibility index (Phi) is 5.44. The summed E-state index contributed by atoms with van der Waals surface area (Å²) in [6.07, 6.45) is 1.51. The number of aromatic nitrogens is 1. The van der Waals surface area contributed by atoms with Gasteiger partial charge in [0.1, 0.15) is 0 Å². The molecule has 1 atom stereocenters. The largest absolute Gasteiger partial charge is 0.481 e. The Morgan fingerprint density at radius 1 is 1.47 bits per heavy atom. The summed E-state index contributed by atoms with van der Waals surface area (Å²) >= 11 is 0. The molecule has 0 spiro atoms. The van der Waals surface area contributed by atoms with Crippen LogP contribution < -0.4 is 11.1 Å². The van der Waals surface area contributed by atoms with E-state index in [1.807, 2.05) is 13.8 Å². The maximum Gasteiger partial charge on any atom is 0.308 e. The number of pyridine rings is 1. The highest BCUT2D eigenvalue weighted by Gasteiger charge is 2.22. The van der Waals surface area contributed by atoms with E-state index >= 15 is 0 Å². The number of carbonyl (C=O) groups excluding carboxylic acids is 1. The molecular formula is C13H19N3O3. The van der Waals surface area contributed by atoms with Gasteiger partial charge in [0.05, 0.1) is 11.6 Å².